The van der Waals surface area contributed by atoms with Crippen LogP contribution in [0.15, 0.2) is 71.4 Å². The van der Waals surface area contributed by atoms with Gasteiger partial charge >= 0.3 is 6.01 Å². The largest absolute Gasteiger partial charge is 0.326 e. The number of nitrogens with zero attached hydrogens (tertiary/aromatic N) is 3. The molecule has 0 atom stereocenters. The number of hydrogen-bond donors (Lipinski definition) is 3. The van der Waals surface area contributed by atoms with Crippen molar-refractivity contribution < 1.29 is 13.7 Å². The van der Waals surface area contributed by atoms with Crippen molar-refractivity contribution in [2.75, 3.05) is 10.6 Å². The molecule has 0 aliphatic rings. The number of benzene rings is 3. The van der Waals surface area contributed by atoms with Crippen LogP contribution in [0.5, 0.6) is 0 Å². The lowest BCUT2D eigenvalue weighted by molar-refractivity contribution is 0.102. The molecule has 0 aliphatic heterocycles. The highest BCUT2D eigenvalue weighted by Crippen LogP contribution is 2.32. The van der Waals surface area contributed by atoms with E-state index in [0.29, 0.717) is 27.8 Å². The lowest BCUT2D eigenvalue weighted by Gasteiger charge is -2.07. The zero-order valence-corrected chi connectivity index (χ0v) is 17.0. The van der Waals surface area contributed by atoms with Gasteiger partial charge in [0, 0.05) is 16.6 Å². The van der Waals surface area contributed by atoms with Crippen LogP contribution in [0.2, 0.25) is 5.02 Å². The highest BCUT2D eigenvalue weighted by molar-refractivity contribution is 6.38. The first kappa shape index (κ1) is 19.7. The van der Waals surface area contributed by atoms with E-state index in [-0.39, 0.29) is 11.6 Å². The quantitative estimate of drug-likeness (QED) is 0.332. The van der Waals surface area contributed by atoms with Gasteiger partial charge in [-0.1, -0.05) is 41.0 Å². The van der Waals surface area contributed by atoms with Gasteiger partial charge in [0.15, 0.2) is 0 Å². The molecule has 0 radical (unpaired) electrons. The van der Waals surface area contributed by atoms with Crippen LogP contribution >= 0.6 is 11.6 Å². The molecule has 0 saturated heterocycles. The van der Waals surface area contributed by atoms with E-state index in [1.165, 1.54) is 18.2 Å². The second kappa shape index (κ2) is 8.12. The van der Waals surface area contributed by atoms with Crippen LogP contribution in [0, 0.1) is 5.82 Å². The summed E-state index contributed by atoms with van der Waals surface area (Å²) in [4.78, 5) is 16.7. The average Bonchev–Trinajstić information content (AvgIpc) is 3.46. The van der Waals surface area contributed by atoms with E-state index >= 15 is 0 Å². The smallest absolute Gasteiger partial charge is 0.322 e. The van der Waals surface area contributed by atoms with Gasteiger partial charge in [-0.15, -0.1) is 0 Å². The maximum absolute atomic E-state index is 13.9. The molecule has 3 aromatic carbocycles. The zero-order chi connectivity index (χ0) is 22.1. The number of aromatic amines is 1. The molecule has 3 N–H and O–H groups in total. The maximum Gasteiger partial charge on any atom is 0.326 e. The number of carbonyl (C=O) groups excluding carboxylic acids is 1. The SMILES string of the molecule is O=C(Nc1cccc(-c2noc(Nc3ccc4[nH]ncc4c3Cl)n2)c1)c1ccccc1F. The normalized spacial score (nSPS) is 10.9. The molecule has 8 nitrogen and oxygen atoms in total. The Morgan fingerprint density at radius 2 is 1.97 bits per heavy atom. The Hall–Kier alpha value is -4.24. The summed E-state index contributed by atoms with van der Waals surface area (Å²) in [7, 11) is 0. The lowest BCUT2D eigenvalue weighted by Crippen LogP contribution is -2.13. The summed E-state index contributed by atoms with van der Waals surface area (Å²) in [6, 6.07) is 16.3. The minimum absolute atomic E-state index is 0.0459. The van der Waals surface area contributed by atoms with Crippen LogP contribution in [-0.4, -0.2) is 26.2 Å². The number of nitrogens with one attached hydrogen (secondary N) is 3. The molecule has 0 bridgehead atoms. The van der Waals surface area contributed by atoms with Crippen molar-refractivity contribution in [1.82, 2.24) is 20.3 Å². The molecule has 0 fully saturated rings. The van der Waals surface area contributed by atoms with E-state index in [1.807, 2.05) is 6.07 Å². The molecule has 0 aliphatic carbocycles. The van der Waals surface area contributed by atoms with Crippen molar-refractivity contribution in [2.24, 2.45) is 0 Å². The second-order valence-corrected chi connectivity index (χ2v) is 7.20. The Kier molecular flexibility index (Phi) is 5.00. The first-order chi connectivity index (χ1) is 15.6. The van der Waals surface area contributed by atoms with Crippen LogP contribution in [0.1, 0.15) is 10.4 Å². The molecule has 2 heterocycles. The number of carbonyl (C=O) groups is 1. The van der Waals surface area contributed by atoms with Gasteiger partial charge in [-0.05, 0) is 36.4 Å². The van der Waals surface area contributed by atoms with Gasteiger partial charge in [0.2, 0.25) is 5.82 Å². The van der Waals surface area contributed by atoms with Gasteiger partial charge in [-0.3, -0.25) is 9.89 Å². The molecular formula is C22H14ClFN6O2. The molecule has 32 heavy (non-hydrogen) atoms. The van der Waals surface area contributed by atoms with Gasteiger partial charge in [0.05, 0.1) is 28.0 Å². The van der Waals surface area contributed by atoms with Crippen molar-refractivity contribution in [2.45, 2.75) is 0 Å². The predicted octanol–water partition coefficient (Wildman–Crippen LogP) is 5.40. The van der Waals surface area contributed by atoms with E-state index < -0.39 is 11.7 Å². The highest BCUT2D eigenvalue weighted by Gasteiger charge is 2.14. The van der Waals surface area contributed by atoms with E-state index in [1.54, 1.807) is 42.6 Å². The molecule has 0 spiro atoms. The fourth-order valence-corrected chi connectivity index (χ4v) is 3.43. The van der Waals surface area contributed by atoms with E-state index in [2.05, 4.69) is 31.0 Å². The zero-order valence-electron chi connectivity index (χ0n) is 16.3. The Morgan fingerprint density at radius 3 is 2.84 bits per heavy atom. The molecule has 5 rings (SSSR count). The molecule has 5 aromatic rings. The van der Waals surface area contributed by atoms with Gasteiger partial charge in [-0.2, -0.15) is 10.1 Å². The van der Waals surface area contributed by atoms with Gasteiger partial charge in [-0.25, -0.2) is 4.39 Å². The van der Waals surface area contributed by atoms with E-state index in [4.69, 9.17) is 16.1 Å². The third-order valence-corrected chi connectivity index (χ3v) is 5.13. The molecule has 0 unspecified atom stereocenters. The number of H-pyrrole nitrogens is 1. The first-order valence-corrected chi connectivity index (χ1v) is 9.85. The van der Waals surface area contributed by atoms with Crippen molar-refractivity contribution in [3.05, 3.63) is 83.3 Å². The number of hydrogen-bond acceptors (Lipinski definition) is 6. The summed E-state index contributed by atoms with van der Waals surface area (Å²) in [5.41, 5.74) is 2.41. The number of amides is 1. The van der Waals surface area contributed by atoms with Gasteiger partial charge in [0.25, 0.3) is 5.91 Å². The number of halogens is 2. The number of fused-ring (bicyclic) bond motifs is 1. The van der Waals surface area contributed by atoms with E-state index in [0.717, 1.165) is 10.9 Å². The van der Waals surface area contributed by atoms with E-state index in [9.17, 15) is 9.18 Å². The summed E-state index contributed by atoms with van der Waals surface area (Å²) in [6.45, 7) is 0. The molecular weight excluding hydrogens is 435 g/mol. The number of rotatable bonds is 5. The third-order valence-electron chi connectivity index (χ3n) is 4.72. The van der Waals surface area contributed by atoms with Crippen molar-refractivity contribution in [1.29, 1.82) is 0 Å². The fourth-order valence-electron chi connectivity index (χ4n) is 3.17. The fraction of sp³-hybridized carbons (Fsp3) is 0. The maximum atomic E-state index is 13.9. The molecule has 0 saturated carbocycles. The molecule has 158 valence electrons. The molecule has 1 amide bonds. The summed E-state index contributed by atoms with van der Waals surface area (Å²) in [6.07, 6.45) is 1.63. The monoisotopic (exact) mass is 448 g/mol. The molecule has 2 aromatic heterocycles. The third kappa shape index (κ3) is 3.77. The minimum Gasteiger partial charge on any atom is -0.322 e. The number of aromatic nitrogens is 4. The summed E-state index contributed by atoms with van der Waals surface area (Å²) in [5, 5.41) is 17.7. The topological polar surface area (TPSA) is 109 Å². The molecule has 10 heteroatoms. The van der Waals surface area contributed by atoms with Gasteiger partial charge in [0.1, 0.15) is 5.82 Å². The Labute approximate surface area is 185 Å². The Balaban J connectivity index is 1.35. The number of anilines is 3. The lowest BCUT2D eigenvalue weighted by atomic mass is 10.1. The summed E-state index contributed by atoms with van der Waals surface area (Å²) >= 11 is 6.41. The van der Waals surface area contributed by atoms with Crippen LogP contribution < -0.4 is 10.6 Å². The highest BCUT2D eigenvalue weighted by atomic mass is 35.5. The first-order valence-electron chi connectivity index (χ1n) is 9.47. The predicted molar refractivity (Wildman–Crippen MR) is 118 cm³/mol. The Morgan fingerprint density at radius 1 is 1.09 bits per heavy atom. The summed E-state index contributed by atoms with van der Waals surface area (Å²) in [5.74, 6) is -0.850. The van der Waals surface area contributed by atoms with Crippen LogP contribution in [0.25, 0.3) is 22.3 Å². The van der Waals surface area contributed by atoms with Crippen LogP contribution in [0.3, 0.4) is 0 Å². The van der Waals surface area contributed by atoms with Crippen LogP contribution in [0.4, 0.5) is 21.8 Å². The summed E-state index contributed by atoms with van der Waals surface area (Å²) < 4.78 is 19.1. The standard InChI is InChI=1S/C22H14ClFN6O2/c23-19-15-11-25-29-17(15)8-9-18(19)27-22-28-20(30-32-22)12-4-3-5-13(10-12)26-21(31)14-6-1-2-7-16(14)24/h1-11H,(H,25,29)(H,26,31)(H,27,28,30). The Bertz CT molecular complexity index is 1450. The average molecular weight is 449 g/mol. The van der Waals surface area contributed by atoms with Crippen molar-refractivity contribution in [3.8, 4) is 11.4 Å². The van der Waals surface area contributed by atoms with Gasteiger partial charge < -0.3 is 15.2 Å². The van der Waals surface area contributed by atoms with Crippen LogP contribution in [-0.2, 0) is 0 Å². The van der Waals surface area contributed by atoms with Crippen molar-refractivity contribution >= 4 is 45.8 Å². The van der Waals surface area contributed by atoms with Crippen molar-refractivity contribution in [3.63, 3.8) is 0 Å². The minimum atomic E-state index is -0.595. The second-order valence-electron chi connectivity index (χ2n) is 6.82.